The summed E-state index contributed by atoms with van der Waals surface area (Å²) < 4.78 is 0.852. The van der Waals surface area contributed by atoms with Gasteiger partial charge in [0.15, 0.2) is 0 Å². The summed E-state index contributed by atoms with van der Waals surface area (Å²) in [6.45, 7) is 0. The summed E-state index contributed by atoms with van der Waals surface area (Å²) in [6.07, 6.45) is 8.76. The van der Waals surface area contributed by atoms with Gasteiger partial charge in [-0.15, -0.1) is 0 Å². The number of rotatable bonds is 2. The summed E-state index contributed by atoms with van der Waals surface area (Å²) in [5.74, 6) is 1.99. The number of amides is 1. The van der Waals surface area contributed by atoms with Crippen LogP contribution in [0.3, 0.4) is 0 Å². The van der Waals surface area contributed by atoms with E-state index in [2.05, 4.69) is 21.2 Å². The molecular formula is C17H21BrClNO. The molecule has 21 heavy (non-hydrogen) atoms. The van der Waals surface area contributed by atoms with Crippen LogP contribution < -0.4 is 5.32 Å². The van der Waals surface area contributed by atoms with Gasteiger partial charge in [0.25, 0.3) is 0 Å². The van der Waals surface area contributed by atoms with E-state index in [0.29, 0.717) is 5.02 Å². The quantitative estimate of drug-likeness (QED) is 0.716. The number of fused-ring (bicyclic) bond motifs is 1. The summed E-state index contributed by atoms with van der Waals surface area (Å²) in [6, 6.07) is 5.56. The van der Waals surface area contributed by atoms with Crippen LogP contribution in [0.5, 0.6) is 0 Å². The van der Waals surface area contributed by atoms with Gasteiger partial charge in [0.05, 0.1) is 5.02 Å². The van der Waals surface area contributed by atoms with Crippen molar-refractivity contribution in [3.63, 3.8) is 0 Å². The molecule has 3 rings (SSSR count). The molecule has 1 aromatic carbocycles. The maximum Gasteiger partial charge on any atom is 0.227 e. The van der Waals surface area contributed by atoms with E-state index < -0.39 is 0 Å². The van der Waals surface area contributed by atoms with E-state index >= 15 is 0 Å². The number of benzene rings is 1. The Morgan fingerprint density at radius 3 is 2.67 bits per heavy atom. The van der Waals surface area contributed by atoms with E-state index in [9.17, 15) is 4.79 Å². The lowest BCUT2D eigenvalue weighted by Crippen LogP contribution is -2.33. The van der Waals surface area contributed by atoms with Crippen LogP contribution in [0, 0.1) is 17.8 Å². The Kier molecular flexibility index (Phi) is 4.90. The molecule has 1 N–H and O–H groups in total. The van der Waals surface area contributed by atoms with Crippen molar-refractivity contribution in [2.45, 2.75) is 44.9 Å². The Hall–Kier alpha value is -0.540. The molecule has 0 saturated heterocycles. The second kappa shape index (κ2) is 6.70. The molecule has 2 aliphatic rings. The van der Waals surface area contributed by atoms with Gasteiger partial charge in [-0.25, -0.2) is 0 Å². The molecule has 0 heterocycles. The van der Waals surface area contributed by atoms with Gasteiger partial charge in [-0.05, 0) is 65.2 Å². The fraction of sp³-hybridized carbons (Fsp3) is 0.588. The molecule has 1 aromatic rings. The van der Waals surface area contributed by atoms with Crippen molar-refractivity contribution in [1.82, 2.24) is 0 Å². The SMILES string of the molecule is O=C(Nc1ccc(Br)c(Cl)c1)C1CCC2CCCCC2C1. The predicted molar refractivity (Wildman–Crippen MR) is 90.6 cm³/mol. The molecule has 2 saturated carbocycles. The standard InChI is InChI=1S/C17H21BrClNO/c18-15-8-7-14(10-16(15)19)20-17(21)13-6-5-11-3-1-2-4-12(11)9-13/h7-8,10-13H,1-6,9H2,(H,20,21). The lowest BCUT2D eigenvalue weighted by molar-refractivity contribution is -0.122. The van der Waals surface area contributed by atoms with Crippen molar-refractivity contribution < 1.29 is 4.79 Å². The van der Waals surface area contributed by atoms with E-state index in [4.69, 9.17) is 11.6 Å². The maximum atomic E-state index is 12.5. The van der Waals surface area contributed by atoms with Crippen LogP contribution >= 0.6 is 27.5 Å². The first kappa shape index (κ1) is 15.4. The molecule has 1 amide bonds. The highest BCUT2D eigenvalue weighted by Gasteiger charge is 2.34. The highest BCUT2D eigenvalue weighted by atomic mass is 79.9. The Balaban J connectivity index is 1.61. The zero-order valence-corrected chi connectivity index (χ0v) is 14.4. The van der Waals surface area contributed by atoms with Gasteiger partial charge in [0.2, 0.25) is 5.91 Å². The molecule has 0 bridgehead atoms. The van der Waals surface area contributed by atoms with Crippen LogP contribution in [0.4, 0.5) is 5.69 Å². The molecule has 2 aliphatic carbocycles. The number of hydrogen-bond acceptors (Lipinski definition) is 1. The second-order valence-electron chi connectivity index (χ2n) is 6.43. The highest BCUT2D eigenvalue weighted by molar-refractivity contribution is 9.10. The molecule has 2 fully saturated rings. The van der Waals surface area contributed by atoms with Crippen molar-refractivity contribution in [2.24, 2.45) is 17.8 Å². The Morgan fingerprint density at radius 1 is 1.14 bits per heavy atom. The second-order valence-corrected chi connectivity index (χ2v) is 7.69. The van der Waals surface area contributed by atoms with Gasteiger partial charge >= 0.3 is 0 Å². The fourth-order valence-electron chi connectivity index (χ4n) is 3.93. The molecule has 0 radical (unpaired) electrons. The van der Waals surface area contributed by atoms with E-state index in [1.54, 1.807) is 6.07 Å². The predicted octanol–water partition coefficient (Wildman–Crippen LogP) is 5.65. The summed E-state index contributed by atoms with van der Waals surface area (Å²) in [7, 11) is 0. The lowest BCUT2D eigenvalue weighted by Gasteiger charge is -2.38. The minimum atomic E-state index is 0.164. The first-order valence-electron chi connectivity index (χ1n) is 7.89. The average Bonchev–Trinajstić information content (AvgIpc) is 2.50. The Bertz CT molecular complexity index is 534. The van der Waals surface area contributed by atoms with Crippen molar-refractivity contribution in [2.75, 3.05) is 5.32 Å². The zero-order chi connectivity index (χ0) is 14.8. The number of hydrogen-bond donors (Lipinski definition) is 1. The van der Waals surface area contributed by atoms with E-state index in [0.717, 1.165) is 34.8 Å². The summed E-state index contributed by atoms with van der Waals surface area (Å²) in [5.41, 5.74) is 0.791. The Morgan fingerprint density at radius 2 is 1.90 bits per heavy atom. The number of halogens is 2. The van der Waals surface area contributed by atoms with Gasteiger partial charge in [-0.3, -0.25) is 4.79 Å². The minimum Gasteiger partial charge on any atom is -0.326 e. The maximum absolute atomic E-state index is 12.5. The normalized spacial score (nSPS) is 28.8. The van der Waals surface area contributed by atoms with Gasteiger partial charge in [0.1, 0.15) is 0 Å². The lowest BCUT2D eigenvalue weighted by atomic mass is 9.67. The smallest absolute Gasteiger partial charge is 0.227 e. The van der Waals surface area contributed by atoms with Crippen LogP contribution in [0.15, 0.2) is 22.7 Å². The van der Waals surface area contributed by atoms with Crippen LogP contribution in [0.25, 0.3) is 0 Å². The van der Waals surface area contributed by atoms with Crippen LogP contribution in [0.1, 0.15) is 44.9 Å². The molecule has 0 aromatic heterocycles. The van der Waals surface area contributed by atoms with Crippen molar-refractivity contribution in [3.05, 3.63) is 27.7 Å². The molecular weight excluding hydrogens is 350 g/mol. The van der Waals surface area contributed by atoms with Crippen molar-refractivity contribution in [1.29, 1.82) is 0 Å². The third kappa shape index (κ3) is 3.62. The zero-order valence-electron chi connectivity index (χ0n) is 12.1. The number of anilines is 1. The van der Waals surface area contributed by atoms with Crippen LogP contribution in [-0.4, -0.2) is 5.91 Å². The van der Waals surface area contributed by atoms with Crippen molar-refractivity contribution in [3.8, 4) is 0 Å². The van der Waals surface area contributed by atoms with Crippen LogP contribution in [-0.2, 0) is 4.79 Å². The average molecular weight is 371 g/mol. The third-order valence-electron chi connectivity index (χ3n) is 5.10. The fourth-order valence-corrected chi connectivity index (χ4v) is 4.36. The summed E-state index contributed by atoms with van der Waals surface area (Å²) in [5, 5.41) is 3.66. The topological polar surface area (TPSA) is 29.1 Å². The van der Waals surface area contributed by atoms with Gasteiger partial charge in [-0.2, -0.15) is 0 Å². The van der Waals surface area contributed by atoms with Crippen molar-refractivity contribution >= 4 is 39.1 Å². The first-order chi connectivity index (χ1) is 10.1. The molecule has 3 unspecified atom stereocenters. The summed E-state index contributed by atoms with van der Waals surface area (Å²) in [4.78, 5) is 12.5. The number of carbonyl (C=O) groups excluding carboxylic acids is 1. The highest BCUT2D eigenvalue weighted by Crippen LogP contribution is 2.43. The molecule has 4 heteroatoms. The Labute approximate surface area is 139 Å². The molecule has 0 aliphatic heterocycles. The number of nitrogens with one attached hydrogen (secondary N) is 1. The van der Waals surface area contributed by atoms with Gasteiger partial charge in [0, 0.05) is 16.1 Å². The van der Waals surface area contributed by atoms with Crippen LogP contribution in [0.2, 0.25) is 5.02 Å². The molecule has 0 spiro atoms. The third-order valence-corrected chi connectivity index (χ3v) is 6.33. The number of carbonyl (C=O) groups is 1. The monoisotopic (exact) mass is 369 g/mol. The van der Waals surface area contributed by atoms with Gasteiger partial charge in [-0.1, -0.05) is 37.3 Å². The molecule has 3 atom stereocenters. The van der Waals surface area contributed by atoms with E-state index in [1.807, 2.05) is 12.1 Å². The molecule has 2 nitrogen and oxygen atoms in total. The van der Waals surface area contributed by atoms with E-state index in [1.165, 1.54) is 32.1 Å². The summed E-state index contributed by atoms with van der Waals surface area (Å²) >= 11 is 9.44. The molecule has 114 valence electrons. The first-order valence-corrected chi connectivity index (χ1v) is 9.06. The largest absolute Gasteiger partial charge is 0.326 e. The van der Waals surface area contributed by atoms with Gasteiger partial charge < -0.3 is 5.32 Å². The minimum absolute atomic E-state index is 0.164. The van der Waals surface area contributed by atoms with E-state index in [-0.39, 0.29) is 11.8 Å².